The molecule has 2 fully saturated rings. The van der Waals surface area contributed by atoms with Crippen LogP contribution >= 0.6 is 0 Å². The second kappa shape index (κ2) is 6.92. The molecule has 2 aliphatic rings. The van der Waals surface area contributed by atoms with Crippen LogP contribution in [0.15, 0.2) is 10.9 Å². The van der Waals surface area contributed by atoms with Crippen LogP contribution in [0.5, 0.6) is 0 Å². The molecule has 1 aromatic heterocycles. The molecular weight excluding hydrogens is 336 g/mol. The summed E-state index contributed by atoms with van der Waals surface area (Å²) < 4.78 is 0. The van der Waals surface area contributed by atoms with Gasteiger partial charge in [-0.1, -0.05) is 0 Å². The molecule has 138 valence electrons. The number of amides is 2. The molecule has 0 aromatic carbocycles. The van der Waals surface area contributed by atoms with Gasteiger partial charge >= 0.3 is 0 Å². The summed E-state index contributed by atoms with van der Waals surface area (Å²) in [5, 5.41) is 18.2. The number of H-pyrrole nitrogens is 1. The maximum Gasteiger partial charge on any atom is 0.266 e. The minimum absolute atomic E-state index is 0.00371. The SMILES string of the molecule is Cc1[nH]c(=O)c(C#N)cc1C(=O)N1CC[C@]2(CCCN(CCO)C2=O)C1. The molecule has 1 aromatic rings. The number of aryl methyl sites for hydroxylation is 1. The molecule has 2 aliphatic heterocycles. The quantitative estimate of drug-likeness (QED) is 0.789. The number of aromatic amines is 1. The first-order chi connectivity index (χ1) is 12.4. The van der Waals surface area contributed by atoms with Crippen molar-refractivity contribution in [2.45, 2.75) is 26.2 Å². The fourth-order valence-electron chi connectivity index (χ4n) is 4.01. The first-order valence-electron chi connectivity index (χ1n) is 8.75. The Balaban J connectivity index is 1.83. The predicted octanol–water partition coefficient (Wildman–Crippen LogP) is 0.00200. The summed E-state index contributed by atoms with van der Waals surface area (Å²) in [7, 11) is 0. The summed E-state index contributed by atoms with van der Waals surface area (Å²) in [6, 6.07) is 3.11. The van der Waals surface area contributed by atoms with Gasteiger partial charge in [-0.2, -0.15) is 5.26 Å². The molecule has 2 N–H and O–H groups in total. The van der Waals surface area contributed by atoms with Gasteiger partial charge in [0.25, 0.3) is 11.5 Å². The van der Waals surface area contributed by atoms with Crippen molar-refractivity contribution >= 4 is 11.8 Å². The number of likely N-dealkylation sites (tertiary alicyclic amines) is 2. The van der Waals surface area contributed by atoms with Crippen LogP contribution in [0.25, 0.3) is 0 Å². The molecule has 26 heavy (non-hydrogen) atoms. The Morgan fingerprint density at radius 1 is 1.38 bits per heavy atom. The zero-order chi connectivity index (χ0) is 18.9. The van der Waals surface area contributed by atoms with E-state index >= 15 is 0 Å². The van der Waals surface area contributed by atoms with Gasteiger partial charge in [0.15, 0.2) is 0 Å². The van der Waals surface area contributed by atoms with E-state index in [0.29, 0.717) is 38.3 Å². The number of nitrogens with one attached hydrogen (secondary N) is 1. The average molecular weight is 358 g/mol. The molecule has 0 saturated carbocycles. The van der Waals surface area contributed by atoms with Crippen LogP contribution in [-0.2, 0) is 4.79 Å². The van der Waals surface area contributed by atoms with E-state index in [1.54, 1.807) is 22.8 Å². The van der Waals surface area contributed by atoms with Gasteiger partial charge in [0.2, 0.25) is 5.91 Å². The number of β-amino-alcohol motifs (C(OH)–C–C–N with tert-alkyl or cyclic N) is 1. The molecule has 0 unspecified atom stereocenters. The van der Waals surface area contributed by atoms with Crippen molar-refractivity contribution in [3.05, 3.63) is 33.2 Å². The number of hydrogen-bond donors (Lipinski definition) is 2. The van der Waals surface area contributed by atoms with Gasteiger partial charge < -0.3 is 19.9 Å². The van der Waals surface area contributed by atoms with Gasteiger partial charge in [-0.25, -0.2) is 0 Å². The van der Waals surface area contributed by atoms with Crippen molar-refractivity contribution in [1.82, 2.24) is 14.8 Å². The molecule has 1 spiro atoms. The number of nitrogens with zero attached hydrogens (tertiary/aromatic N) is 3. The van der Waals surface area contributed by atoms with Crippen molar-refractivity contribution in [2.24, 2.45) is 5.41 Å². The van der Waals surface area contributed by atoms with Crippen LogP contribution in [0, 0.1) is 23.7 Å². The summed E-state index contributed by atoms with van der Waals surface area (Å²) in [6.45, 7) is 3.29. The predicted molar refractivity (Wildman–Crippen MR) is 92.4 cm³/mol. The Morgan fingerprint density at radius 3 is 2.85 bits per heavy atom. The highest BCUT2D eigenvalue weighted by Gasteiger charge is 2.49. The molecule has 3 heterocycles. The second-order valence-corrected chi connectivity index (χ2v) is 7.04. The minimum Gasteiger partial charge on any atom is -0.395 e. The Labute approximate surface area is 151 Å². The van der Waals surface area contributed by atoms with Crippen molar-refractivity contribution in [3.8, 4) is 6.07 Å². The van der Waals surface area contributed by atoms with Gasteiger partial charge in [-0.15, -0.1) is 0 Å². The molecule has 2 amide bonds. The molecule has 1 atom stereocenters. The zero-order valence-corrected chi connectivity index (χ0v) is 14.7. The first kappa shape index (κ1) is 18.1. The van der Waals surface area contributed by atoms with E-state index in [4.69, 9.17) is 10.4 Å². The number of pyridine rings is 1. The van der Waals surface area contributed by atoms with E-state index in [1.807, 2.05) is 0 Å². The Hall–Kier alpha value is -2.66. The standard InChI is InChI=1S/C18H22N4O4/c1-12-14(9-13(10-19)15(24)20-12)16(25)22-6-4-18(11-22)3-2-5-21(7-8-23)17(18)26/h9,23H,2-8,11H2,1H3,(H,20,24)/t18-/m1/s1. The number of rotatable bonds is 3. The highest BCUT2D eigenvalue weighted by Crippen LogP contribution is 2.40. The fraction of sp³-hybridized carbons (Fsp3) is 0.556. The first-order valence-corrected chi connectivity index (χ1v) is 8.75. The fourth-order valence-corrected chi connectivity index (χ4v) is 4.01. The van der Waals surface area contributed by atoms with E-state index in [0.717, 1.165) is 12.8 Å². The topological polar surface area (TPSA) is 118 Å². The van der Waals surface area contributed by atoms with Crippen LogP contribution in [-0.4, -0.2) is 64.5 Å². The van der Waals surface area contributed by atoms with Crippen LogP contribution in [0.1, 0.15) is 40.9 Å². The number of carbonyl (C=O) groups excluding carboxylic acids is 2. The molecule has 8 nitrogen and oxygen atoms in total. The van der Waals surface area contributed by atoms with Crippen molar-refractivity contribution in [1.29, 1.82) is 5.26 Å². The smallest absolute Gasteiger partial charge is 0.266 e. The van der Waals surface area contributed by atoms with Crippen LogP contribution < -0.4 is 5.56 Å². The summed E-state index contributed by atoms with van der Waals surface area (Å²) >= 11 is 0. The number of aliphatic hydroxyl groups is 1. The third-order valence-corrected chi connectivity index (χ3v) is 5.42. The normalized spacial score (nSPS) is 22.7. The number of carbonyl (C=O) groups is 2. The number of piperidine rings is 1. The molecular formula is C18H22N4O4. The van der Waals surface area contributed by atoms with Gasteiger partial charge in [0.05, 0.1) is 17.6 Å². The Morgan fingerprint density at radius 2 is 2.15 bits per heavy atom. The molecule has 2 saturated heterocycles. The lowest BCUT2D eigenvalue weighted by molar-refractivity contribution is -0.146. The number of aromatic nitrogens is 1. The highest BCUT2D eigenvalue weighted by molar-refractivity contribution is 5.96. The van der Waals surface area contributed by atoms with Crippen molar-refractivity contribution in [2.75, 3.05) is 32.8 Å². The lowest BCUT2D eigenvalue weighted by atomic mass is 9.78. The van der Waals surface area contributed by atoms with E-state index < -0.39 is 11.0 Å². The second-order valence-electron chi connectivity index (χ2n) is 7.04. The van der Waals surface area contributed by atoms with Gasteiger partial charge in [-0.05, 0) is 32.3 Å². The molecule has 8 heteroatoms. The summed E-state index contributed by atoms with van der Waals surface area (Å²) in [5.41, 5.74) is -0.500. The Kier molecular flexibility index (Phi) is 4.83. The van der Waals surface area contributed by atoms with E-state index in [1.165, 1.54) is 6.07 Å². The third kappa shape index (κ3) is 2.99. The number of nitriles is 1. The van der Waals surface area contributed by atoms with Crippen molar-refractivity contribution < 1.29 is 14.7 Å². The maximum absolute atomic E-state index is 12.9. The molecule has 0 bridgehead atoms. The lowest BCUT2D eigenvalue weighted by Crippen LogP contribution is -2.51. The van der Waals surface area contributed by atoms with E-state index in [9.17, 15) is 14.4 Å². The summed E-state index contributed by atoms with van der Waals surface area (Å²) in [4.78, 5) is 43.3. The van der Waals surface area contributed by atoms with E-state index in [-0.39, 0.29) is 29.5 Å². The molecule has 0 radical (unpaired) electrons. The van der Waals surface area contributed by atoms with Crippen LogP contribution in [0.2, 0.25) is 0 Å². The van der Waals surface area contributed by atoms with Crippen molar-refractivity contribution in [3.63, 3.8) is 0 Å². The summed E-state index contributed by atoms with van der Waals surface area (Å²) in [5.74, 6) is -0.275. The van der Waals surface area contributed by atoms with Gasteiger partial charge in [0, 0.05) is 31.9 Å². The Bertz CT molecular complexity index is 839. The molecule has 0 aliphatic carbocycles. The number of hydrogen-bond acceptors (Lipinski definition) is 5. The third-order valence-electron chi connectivity index (χ3n) is 5.42. The van der Waals surface area contributed by atoms with Gasteiger partial charge in [0.1, 0.15) is 11.6 Å². The average Bonchev–Trinajstić information content (AvgIpc) is 3.04. The minimum atomic E-state index is -0.586. The number of aliphatic hydroxyl groups excluding tert-OH is 1. The van der Waals surface area contributed by atoms with E-state index in [2.05, 4.69) is 4.98 Å². The van der Waals surface area contributed by atoms with Crippen LogP contribution in [0.4, 0.5) is 0 Å². The largest absolute Gasteiger partial charge is 0.395 e. The zero-order valence-electron chi connectivity index (χ0n) is 14.7. The highest BCUT2D eigenvalue weighted by atomic mass is 16.3. The van der Waals surface area contributed by atoms with Gasteiger partial charge in [-0.3, -0.25) is 14.4 Å². The molecule has 3 rings (SSSR count). The van der Waals surface area contributed by atoms with Crippen LogP contribution in [0.3, 0.4) is 0 Å². The maximum atomic E-state index is 12.9. The summed E-state index contributed by atoms with van der Waals surface area (Å²) in [6.07, 6.45) is 2.17. The lowest BCUT2D eigenvalue weighted by Gasteiger charge is -2.39. The monoisotopic (exact) mass is 358 g/mol.